The van der Waals surface area contributed by atoms with E-state index in [2.05, 4.69) is 23.5 Å². The molecule has 1 saturated heterocycles. The SMILES string of the molecule is O=C(NCC(=O)N1CCCC1)C1CC=CCC1c1nc2ccccc2s1. The van der Waals surface area contributed by atoms with Crippen molar-refractivity contribution in [2.45, 2.75) is 31.6 Å². The van der Waals surface area contributed by atoms with Crippen LogP contribution in [0.1, 0.15) is 36.6 Å². The molecule has 2 aliphatic rings. The van der Waals surface area contributed by atoms with Gasteiger partial charge in [0.05, 0.1) is 27.7 Å². The van der Waals surface area contributed by atoms with E-state index in [0.717, 1.165) is 47.6 Å². The zero-order valence-electron chi connectivity index (χ0n) is 14.7. The molecule has 2 atom stereocenters. The van der Waals surface area contributed by atoms with Gasteiger partial charge in [-0.25, -0.2) is 4.98 Å². The number of hydrogen-bond acceptors (Lipinski definition) is 4. The molecule has 2 aromatic rings. The maximum absolute atomic E-state index is 12.8. The van der Waals surface area contributed by atoms with Gasteiger partial charge in [0.15, 0.2) is 0 Å². The quantitative estimate of drug-likeness (QED) is 0.843. The van der Waals surface area contributed by atoms with Crippen LogP contribution < -0.4 is 5.32 Å². The molecule has 0 bridgehead atoms. The number of nitrogens with zero attached hydrogens (tertiary/aromatic N) is 2. The summed E-state index contributed by atoms with van der Waals surface area (Å²) in [6, 6.07) is 8.08. The maximum atomic E-state index is 12.8. The lowest BCUT2D eigenvalue weighted by atomic mass is 9.82. The van der Waals surface area contributed by atoms with Crippen molar-refractivity contribution < 1.29 is 9.59 Å². The highest BCUT2D eigenvalue weighted by molar-refractivity contribution is 7.18. The number of carbonyl (C=O) groups excluding carboxylic acids is 2. The fraction of sp³-hybridized carbons (Fsp3) is 0.450. The van der Waals surface area contributed by atoms with Gasteiger partial charge in [0.2, 0.25) is 11.8 Å². The number of rotatable bonds is 4. The molecule has 1 N–H and O–H groups in total. The van der Waals surface area contributed by atoms with Crippen LogP contribution in [0.15, 0.2) is 36.4 Å². The van der Waals surface area contributed by atoms with E-state index in [4.69, 9.17) is 4.98 Å². The van der Waals surface area contributed by atoms with Gasteiger partial charge in [-0.2, -0.15) is 0 Å². The highest BCUT2D eigenvalue weighted by Gasteiger charge is 2.32. The summed E-state index contributed by atoms with van der Waals surface area (Å²) in [6.45, 7) is 1.73. The van der Waals surface area contributed by atoms with Crippen LogP contribution in [0.5, 0.6) is 0 Å². The maximum Gasteiger partial charge on any atom is 0.241 e. The summed E-state index contributed by atoms with van der Waals surface area (Å²) < 4.78 is 1.15. The standard InChI is InChI=1S/C20H23N3O2S/c24-18(23-11-5-6-12-23)13-21-19(25)14-7-1-2-8-15(14)20-22-16-9-3-4-10-17(16)26-20/h1-4,9-10,14-15H,5-8,11-13H2,(H,21,25). The molecule has 2 amide bonds. The molecular formula is C20H23N3O2S. The van der Waals surface area contributed by atoms with Crippen molar-refractivity contribution in [2.24, 2.45) is 5.92 Å². The van der Waals surface area contributed by atoms with E-state index in [-0.39, 0.29) is 30.2 Å². The first-order valence-corrected chi connectivity index (χ1v) is 10.1. The first kappa shape index (κ1) is 17.2. The molecule has 1 fully saturated rings. The smallest absolute Gasteiger partial charge is 0.241 e. The van der Waals surface area contributed by atoms with Gasteiger partial charge < -0.3 is 10.2 Å². The molecule has 2 heterocycles. The number of amides is 2. The van der Waals surface area contributed by atoms with E-state index in [1.165, 1.54) is 0 Å². The number of para-hydroxylation sites is 1. The van der Waals surface area contributed by atoms with E-state index in [9.17, 15) is 9.59 Å². The number of nitrogens with one attached hydrogen (secondary N) is 1. The Morgan fingerprint density at radius 3 is 2.73 bits per heavy atom. The van der Waals surface area contributed by atoms with Crippen LogP contribution in [0.25, 0.3) is 10.2 Å². The normalized spacial score (nSPS) is 22.7. The fourth-order valence-electron chi connectivity index (χ4n) is 3.80. The van der Waals surface area contributed by atoms with Crippen molar-refractivity contribution in [3.05, 3.63) is 41.4 Å². The number of allylic oxidation sites excluding steroid dienone is 2. The Morgan fingerprint density at radius 1 is 1.15 bits per heavy atom. The first-order valence-electron chi connectivity index (χ1n) is 9.28. The molecule has 2 unspecified atom stereocenters. The van der Waals surface area contributed by atoms with Crippen molar-refractivity contribution >= 4 is 33.4 Å². The highest BCUT2D eigenvalue weighted by atomic mass is 32.1. The van der Waals surface area contributed by atoms with Crippen LogP contribution in [0, 0.1) is 5.92 Å². The summed E-state index contributed by atoms with van der Waals surface area (Å²) in [5, 5.41) is 3.89. The molecule has 0 radical (unpaired) electrons. The summed E-state index contributed by atoms with van der Waals surface area (Å²) in [7, 11) is 0. The van der Waals surface area contributed by atoms with E-state index >= 15 is 0 Å². The minimum atomic E-state index is -0.160. The lowest BCUT2D eigenvalue weighted by molar-refractivity contribution is -0.133. The number of carbonyl (C=O) groups is 2. The van der Waals surface area contributed by atoms with Crippen molar-refractivity contribution in [2.75, 3.05) is 19.6 Å². The lowest BCUT2D eigenvalue weighted by Gasteiger charge is -2.26. The first-order chi connectivity index (χ1) is 12.7. The molecule has 26 heavy (non-hydrogen) atoms. The second kappa shape index (κ2) is 7.58. The van der Waals surface area contributed by atoms with Gasteiger partial charge in [-0.05, 0) is 37.8 Å². The summed E-state index contributed by atoms with van der Waals surface area (Å²) in [6.07, 6.45) is 7.84. The van der Waals surface area contributed by atoms with E-state index in [1.54, 1.807) is 11.3 Å². The predicted molar refractivity (Wildman–Crippen MR) is 103 cm³/mol. The number of likely N-dealkylation sites (tertiary alicyclic amines) is 1. The van der Waals surface area contributed by atoms with E-state index < -0.39 is 0 Å². The monoisotopic (exact) mass is 369 g/mol. The molecule has 0 spiro atoms. The zero-order chi connectivity index (χ0) is 17.9. The Kier molecular flexibility index (Phi) is 5.02. The molecule has 1 aromatic carbocycles. The molecule has 6 heteroatoms. The van der Waals surface area contributed by atoms with Gasteiger partial charge in [0, 0.05) is 19.0 Å². The highest BCUT2D eigenvalue weighted by Crippen LogP contribution is 2.38. The third-order valence-electron chi connectivity index (χ3n) is 5.27. The molecule has 0 saturated carbocycles. The van der Waals surface area contributed by atoms with Gasteiger partial charge in [-0.3, -0.25) is 9.59 Å². The van der Waals surface area contributed by atoms with Crippen LogP contribution in [-0.2, 0) is 9.59 Å². The number of thiazole rings is 1. The Balaban J connectivity index is 1.45. The molecule has 5 nitrogen and oxygen atoms in total. The van der Waals surface area contributed by atoms with Crippen LogP contribution >= 0.6 is 11.3 Å². The summed E-state index contributed by atoms with van der Waals surface area (Å²) in [5.74, 6) is -0.0869. The molecule has 136 valence electrons. The van der Waals surface area contributed by atoms with E-state index in [0.29, 0.717) is 6.42 Å². The Hall–Kier alpha value is -2.21. The average molecular weight is 369 g/mol. The zero-order valence-corrected chi connectivity index (χ0v) is 15.5. The third kappa shape index (κ3) is 3.51. The Labute approximate surface area is 157 Å². The molecule has 1 aliphatic carbocycles. The molecule has 1 aromatic heterocycles. The van der Waals surface area contributed by atoms with Crippen LogP contribution in [0.4, 0.5) is 0 Å². The molecule has 4 rings (SSSR count). The van der Waals surface area contributed by atoms with Crippen molar-refractivity contribution in [1.29, 1.82) is 0 Å². The summed E-state index contributed by atoms with van der Waals surface area (Å²) in [4.78, 5) is 31.6. The number of aromatic nitrogens is 1. The van der Waals surface area contributed by atoms with Gasteiger partial charge in [-0.15, -0.1) is 11.3 Å². The predicted octanol–water partition coefficient (Wildman–Crippen LogP) is 3.08. The minimum Gasteiger partial charge on any atom is -0.347 e. The van der Waals surface area contributed by atoms with Crippen LogP contribution in [0.2, 0.25) is 0 Å². The van der Waals surface area contributed by atoms with Crippen molar-refractivity contribution in [1.82, 2.24) is 15.2 Å². The molecule has 1 aliphatic heterocycles. The van der Waals surface area contributed by atoms with E-state index in [1.807, 2.05) is 23.1 Å². The van der Waals surface area contributed by atoms with Gasteiger partial charge in [0.25, 0.3) is 0 Å². The number of hydrogen-bond donors (Lipinski definition) is 1. The number of fused-ring (bicyclic) bond motifs is 1. The van der Waals surface area contributed by atoms with Gasteiger partial charge >= 0.3 is 0 Å². The number of benzene rings is 1. The second-order valence-corrected chi connectivity index (χ2v) is 8.04. The van der Waals surface area contributed by atoms with Gasteiger partial charge in [0.1, 0.15) is 0 Å². The van der Waals surface area contributed by atoms with Crippen LogP contribution in [-0.4, -0.2) is 41.3 Å². The van der Waals surface area contributed by atoms with Crippen molar-refractivity contribution in [3.8, 4) is 0 Å². The van der Waals surface area contributed by atoms with Crippen LogP contribution in [0.3, 0.4) is 0 Å². The van der Waals surface area contributed by atoms with Gasteiger partial charge in [-0.1, -0.05) is 24.3 Å². The fourth-order valence-corrected chi connectivity index (χ4v) is 4.94. The van der Waals surface area contributed by atoms with Crippen molar-refractivity contribution in [3.63, 3.8) is 0 Å². The second-order valence-electron chi connectivity index (χ2n) is 6.98. The largest absolute Gasteiger partial charge is 0.347 e. The summed E-state index contributed by atoms with van der Waals surface area (Å²) in [5.41, 5.74) is 0.991. The Bertz CT molecular complexity index is 805. The summed E-state index contributed by atoms with van der Waals surface area (Å²) >= 11 is 1.67. The topological polar surface area (TPSA) is 62.3 Å². The molecular weight excluding hydrogens is 346 g/mol. The average Bonchev–Trinajstić information content (AvgIpc) is 3.35. The Morgan fingerprint density at radius 2 is 1.92 bits per heavy atom. The lowest BCUT2D eigenvalue weighted by Crippen LogP contribution is -2.42. The minimum absolute atomic E-state index is 0.0266. The third-order valence-corrected chi connectivity index (χ3v) is 6.44.